The first-order valence-corrected chi connectivity index (χ1v) is 7.57. The Morgan fingerprint density at radius 3 is 2.26 bits per heavy atom. The molecule has 1 heterocycles. The van der Waals surface area contributed by atoms with Crippen LogP contribution in [0.1, 0.15) is 17.3 Å². The van der Waals surface area contributed by atoms with Crippen molar-refractivity contribution in [1.82, 2.24) is 4.98 Å². The fourth-order valence-electron chi connectivity index (χ4n) is 2.39. The largest absolute Gasteiger partial charge is 0.462 e. The Morgan fingerprint density at radius 2 is 1.57 bits per heavy atom. The van der Waals surface area contributed by atoms with E-state index in [2.05, 4.69) is 29.2 Å². The van der Waals surface area contributed by atoms with E-state index in [4.69, 9.17) is 4.74 Å². The molecule has 0 aliphatic heterocycles. The number of carbonyl (C=O) groups excluding carboxylic acids is 1. The monoisotopic (exact) mass is 303 g/mol. The molecule has 0 amide bonds. The number of aromatic nitrogens is 1. The molecular formula is C20H17NO2. The fraction of sp³-hybridized carbons (Fsp3) is 0.100. The molecule has 0 saturated carbocycles. The van der Waals surface area contributed by atoms with Gasteiger partial charge in [0.05, 0.1) is 17.9 Å². The summed E-state index contributed by atoms with van der Waals surface area (Å²) in [6.07, 6.45) is 1.63. The van der Waals surface area contributed by atoms with Gasteiger partial charge in [0.25, 0.3) is 0 Å². The number of rotatable bonds is 4. The molecule has 0 atom stereocenters. The molecule has 0 fully saturated rings. The first kappa shape index (κ1) is 15.0. The van der Waals surface area contributed by atoms with Gasteiger partial charge < -0.3 is 4.74 Å². The van der Waals surface area contributed by atoms with E-state index in [1.807, 2.05) is 30.3 Å². The van der Waals surface area contributed by atoms with E-state index < -0.39 is 0 Å². The summed E-state index contributed by atoms with van der Waals surface area (Å²) in [7, 11) is 0. The predicted octanol–water partition coefficient (Wildman–Crippen LogP) is 4.59. The lowest BCUT2D eigenvalue weighted by molar-refractivity contribution is 0.0526. The topological polar surface area (TPSA) is 39.2 Å². The van der Waals surface area contributed by atoms with Crippen molar-refractivity contribution in [3.63, 3.8) is 0 Å². The van der Waals surface area contributed by atoms with Gasteiger partial charge in [-0.25, -0.2) is 4.79 Å². The van der Waals surface area contributed by atoms with Gasteiger partial charge in [0.15, 0.2) is 0 Å². The molecule has 0 spiro atoms. The van der Waals surface area contributed by atoms with Gasteiger partial charge in [-0.15, -0.1) is 0 Å². The van der Waals surface area contributed by atoms with E-state index in [1.54, 1.807) is 25.3 Å². The molecule has 0 aliphatic carbocycles. The minimum absolute atomic E-state index is 0.322. The van der Waals surface area contributed by atoms with E-state index >= 15 is 0 Å². The zero-order valence-electron chi connectivity index (χ0n) is 12.9. The molecule has 0 radical (unpaired) electrons. The van der Waals surface area contributed by atoms with Crippen LogP contribution in [-0.4, -0.2) is 17.6 Å². The van der Waals surface area contributed by atoms with E-state index in [0.29, 0.717) is 12.2 Å². The zero-order valence-corrected chi connectivity index (χ0v) is 12.9. The van der Waals surface area contributed by atoms with Gasteiger partial charge in [0, 0.05) is 11.8 Å². The normalized spacial score (nSPS) is 10.3. The van der Waals surface area contributed by atoms with Gasteiger partial charge in [-0.05, 0) is 30.2 Å². The standard InChI is InChI=1S/C20H17NO2/c1-2-23-20(22)18-12-13-21-19(14-18)17-10-8-16(9-11-17)15-6-4-3-5-7-15/h3-14H,2H2,1H3. The molecular weight excluding hydrogens is 286 g/mol. The minimum Gasteiger partial charge on any atom is -0.462 e. The Morgan fingerprint density at radius 1 is 0.913 bits per heavy atom. The van der Waals surface area contributed by atoms with Gasteiger partial charge in [-0.2, -0.15) is 0 Å². The highest BCUT2D eigenvalue weighted by molar-refractivity contribution is 5.90. The molecule has 3 aromatic rings. The molecule has 0 unspecified atom stereocenters. The Kier molecular flexibility index (Phi) is 4.48. The number of hydrogen-bond acceptors (Lipinski definition) is 3. The Hall–Kier alpha value is -2.94. The third kappa shape index (κ3) is 3.46. The lowest BCUT2D eigenvalue weighted by Crippen LogP contribution is -2.04. The highest BCUT2D eigenvalue weighted by atomic mass is 16.5. The van der Waals surface area contributed by atoms with Crippen LogP contribution in [0.3, 0.4) is 0 Å². The number of esters is 1. The summed E-state index contributed by atoms with van der Waals surface area (Å²) in [6.45, 7) is 2.16. The smallest absolute Gasteiger partial charge is 0.338 e. The lowest BCUT2D eigenvalue weighted by Gasteiger charge is -2.06. The van der Waals surface area contributed by atoms with E-state index in [1.165, 1.54) is 5.56 Å². The summed E-state index contributed by atoms with van der Waals surface area (Å²) in [5.74, 6) is -0.322. The van der Waals surface area contributed by atoms with Gasteiger partial charge in [0.1, 0.15) is 0 Å². The van der Waals surface area contributed by atoms with Crippen LogP contribution in [0.5, 0.6) is 0 Å². The third-order valence-electron chi connectivity index (χ3n) is 3.56. The maximum absolute atomic E-state index is 11.8. The quantitative estimate of drug-likeness (QED) is 0.662. The second kappa shape index (κ2) is 6.88. The van der Waals surface area contributed by atoms with Gasteiger partial charge in [0.2, 0.25) is 0 Å². The summed E-state index contributed by atoms with van der Waals surface area (Å²) in [5.41, 5.74) is 4.57. The average Bonchev–Trinajstić information content (AvgIpc) is 2.63. The molecule has 0 bridgehead atoms. The summed E-state index contributed by atoms with van der Waals surface area (Å²) < 4.78 is 5.03. The summed E-state index contributed by atoms with van der Waals surface area (Å²) in [5, 5.41) is 0. The predicted molar refractivity (Wildman–Crippen MR) is 91.1 cm³/mol. The van der Waals surface area contributed by atoms with Crippen molar-refractivity contribution in [2.45, 2.75) is 6.92 Å². The molecule has 114 valence electrons. The lowest BCUT2D eigenvalue weighted by atomic mass is 10.0. The number of nitrogens with zero attached hydrogens (tertiary/aromatic N) is 1. The second-order valence-electron chi connectivity index (χ2n) is 5.09. The Balaban J connectivity index is 1.88. The van der Waals surface area contributed by atoms with Crippen LogP contribution in [0.2, 0.25) is 0 Å². The van der Waals surface area contributed by atoms with Gasteiger partial charge in [-0.3, -0.25) is 4.98 Å². The van der Waals surface area contributed by atoms with Crippen molar-refractivity contribution in [2.75, 3.05) is 6.61 Å². The maximum Gasteiger partial charge on any atom is 0.338 e. The summed E-state index contributed by atoms with van der Waals surface area (Å²) >= 11 is 0. The molecule has 3 heteroatoms. The number of benzene rings is 2. The maximum atomic E-state index is 11.8. The van der Waals surface area contributed by atoms with Gasteiger partial charge in [-0.1, -0.05) is 54.6 Å². The van der Waals surface area contributed by atoms with Crippen LogP contribution in [0.4, 0.5) is 0 Å². The van der Waals surface area contributed by atoms with Crippen LogP contribution in [0.25, 0.3) is 22.4 Å². The zero-order chi connectivity index (χ0) is 16.1. The fourth-order valence-corrected chi connectivity index (χ4v) is 2.39. The van der Waals surface area contributed by atoms with Crippen molar-refractivity contribution in [3.8, 4) is 22.4 Å². The number of hydrogen-bond donors (Lipinski definition) is 0. The average molecular weight is 303 g/mol. The number of carbonyl (C=O) groups is 1. The Labute approximate surface area is 135 Å². The van der Waals surface area contributed by atoms with E-state index in [9.17, 15) is 4.79 Å². The first-order valence-electron chi connectivity index (χ1n) is 7.57. The highest BCUT2D eigenvalue weighted by Crippen LogP contribution is 2.24. The Bertz CT molecular complexity index is 795. The molecule has 0 N–H and O–H groups in total. The van der Waals surface area contributed by atoms with Crippen molar-refractivity contribution in [2.24, 2.45) is 0 Å². The second-order valence-corrected chi connectivity index (χ2v) is 5.09. The molecule has 0 saturated heterocycles. The van der Waals surface area contributed by atoms with E-state index in [-0.39, 0.29) is 5.97 Å². The third-order valence-corrected chi connectivity index (χ3v) is 3.56. The number of pyridine rings is 1. The van der Waals surface area contributed by atoms with Crippen LogP contribution in [0, 0.1) is 0 Å². The van der Waals surface area contributed by atoms with Crippen LogP contribution in [-0.2, 0) is 4.74 Å². The minimum atomic E-state index is -0.322. The van der Waals surface area contributed by atoms with Crippen molar-refractivity contribution >= 4 is 5.97 Å². The molecule has 2 aromatic carbocycles. The van der Waals surface area contributed by atoms with Crippen LogP contribution >= 0.6 is 0 Å². The number of ether oxygens (including phenoxy) is 1. The first-order chi connectivity index (χ1) is 11.3. The van der Waals surface area contributed by atoms with Crippen LogP contribution < -0.4 is 0 Å². The van der Waals surface area contributed by atoms with E-state index in [0.717, 1.165) is 16.8 Å². The molecule has 23 heavy (non-hydrogen) atoms. The van der Waals surface area contributed by atoms with Crippen LogP contribution in [0.15, 0.2) is 72.9 Å². The molecule has 3 nitrogen and oxygen atoms in total. The summed E-state index contributed by atoms with van der Waals surface area (Å²) in [4.78, 5) is 16.2. The van der Waals surface area contributed by atoms with Crippen molar-refractivity contribution in [3.05, 3.63) is 78.5 Å². The van der Waals surface area contributed by atoms with Gasteiger partial charge >= 0.3 is 5.97 Å². The molecule has 0 aliphatic rings. The molecule has 1 aromatic heterocycles. The van der Waals surface area contributed by atoms with Crippen molar-refractivity contribution in [1.29, 1.82) is 0 Å². The molecule has 3 rings (SSSR count). The summed E-state index contributed by atoms with van der Waals surface area (Å²) in [6, 6.07) is 21.8. The SMILES string of the molecule is CCOC(=O)c1ccnc(-c2ccc(-c3ccccc3)cc2)c1. The highest BCUT2D eigenvalue weighted by Gasteiger charge is 2.08. The van der Waals surface area contributed by atoms with Crippen molar-refractivity contribution < 1.29 is 9.53 Å².